The van der Waals surface area contributed by atoms with Gasteiger partial charge in [0.1, 0.15) is 11.6 Å². The maximum atomic E-state index is 6.29. The molecule has 0 saturated carbocycles. The molecule has 0 spiro atoms. The van der Waals surface area contributed by atoms with E-state index in [2.05, 4.69) is 9.97 Å². The van der Waals surface area contributed by atoms with Crippen molar-refractivity contribution in [1.29, 1.82) is 0 Å². The van der Waals surface area contributed by atoms with Crippen LogP contribution in [-0.2, 0) is 0 Å². The van der Waals surface area contributed by atoms with Crippen LogP contribution in [0.2, 0.25) is 0 Å². The Bertz CT molecular complexity index is 555. The number of benzene rings is 1. The molecule has 1 atom stereocenters. The van der Waals surface area contributed by atoms with E-state index in [1.165, 1.54) is 0 Å². The quantitative estimate of drug-likeness (QED) is 0.914. The molecule has 4 nitrogen and oxygen atoms in total. The standard InChI is InChI=1S/C15H19N3O/c1-10(2)19-14-7-5-4-6-12(14)15(16)13-8-9-17-11(3)18-13/h4-10,15H,16H2,1-3H3. The lowest BCUT2D eigenvalue weighted by atomic mass is 10.0. The lowest BCUT2D eigenvalue weighted by Crippen LogP contribution is -2.17. The molecule has 0 radical (unpaired) electrons. The van der Waals surface area contributed by atoms with Gasteiger partial charge >= 0.3 is 0 Å². The summed E-state index contributed by atoms with van der Waals surface area (Å²) in [5.74, 6) is 1.52. The van der Waals surface area contributed by atoms with Gasteiger partial charge < -0.3 is 10.5 Å². The third kappa shape index (κ3) is 3.29. The van der Waals surface area contributed by atoms with E-state index in [-0.39, 0.29) is 12.1 Å². The van der Waals surface area contributed by atoms with Crippen LogP contribution in [0.3, 0.4) is 0 Å². The molecule has 2 aromatic rings. The average molecular weight is 257 g/mol. The second kappa shape index (κ2) is 5.80. The van der Waals surface area contributed by atoms with Crippen molar-refractivity contribution in [2.24, 2.45) is 5.73 Å². The third-order valence-corrected chi connectivity index (χ3v) is 2.73. The molecule has 1 unspecified atom stereocenters. The zero-order valence-electron chi connectivity index (χ0n) is 11.5. The van der Waals surface area contributed by atoms with Crippen LogP contribution in [0.15, 0.2) is 36.5 Å². The van der Waals surface area contributed by atoms with Crippen molar-refractivity contribution in [2.75, 3.05) is 0 Å². The van der Waals surface area contributed by atoms with Gasteiger partial charge in [0.05, 0.1) is 17.8 Å². The minimum atomic E-state index is -0.309. The summed E-state index contributed by atoms with van der Waals surface area (Å²) < 4.78 is 5.79. The number of aryl methyl sites for hydroxylation is 1. The number of ether oxygens (including phenoxy) is 1. The van der Waals surface area contributed by atoms with E-state index in [0.717, 1.165) is 22.8 Å². The Morgan fingerprint density at radius 1 is 1.16 bits per heavy atom. The van der Waals surface area contributed by atoms with Crippen molar-refractivity contribution in [1.82, 2.24) is 9.97 Å². The maximum Gasteiger partial charge on any atom is 0.125 e. The predicted molar refractivity (Wildman–Crippen MR) is 75.0 cm³/mol. The van der Waals surface area contributed by atoms with Crippen molar-refractivity contribution >= 4 is 0 Å². The van der Waals surface area contributed by atoms with Crippen LogP contribution in [-0.4, -0.2) is 16.1 Å². The fraction of sp³-hybridized carbons (Fsp3) is 0.333. The largest absolute Gasteiger partial charge is 0.491 e. The average Bonchev–Trinajstić information content (AvgIpc) is 2.38. The molecule has 4 heteroatoms. The first-order valence-electron chi connectivity index (χ1n) is 6.38. The fourth-order valence-corrected chi connectivity index (χ4v) is 1.91. The lowest BCUT2D eigenvalue weighted by Gasteiger charge is -2.18. The monoisotopic (exact) mass is 257 g/mol. The fourth-order valence-electron chi connectivity index (χ4n) is 1.91. The van der Waals surface area contributed by atoms with Crippen molar-refractivity contribution in [3.63, 3.8) is 0 Å². The van der Waals surface area contributed by atoms with Gasteiger partial charge in [-0.15, -0.1) is 0 Å². The molecule has 1 aromatic carbocycles. The first-order chi connectivity index (χ1) is 9.08. The van der Waals surface area contributed by atoms with Crippen molar-refractivity contribution in [3.05, 3.63) is 53.6 Å². The first-order valence-corrected chi connectivity index (χ1v) is 6.38. The second-order valence-corrected chi connectivity index (χ2v) is 4.71. The van der Waals surface area contributed by atoms with Crippen molar-refractivity contribution in [3.8, 4) is 5.75 Å². The molecule has 1 heterocycles. The van der Waals surface area contributed by atoms with E-state index >= 15 is 0 Å². The van der Waals surface area contributed by atoms with Crippen molar-refractivity contribution < 1.29 is 4.74 Å². The van der Waals surface area contributed by atoms with E-state index in [1.807, 2.05) is 51.1 Å². The molecule has 19 heavy (non-hydrogen) atoms. The molecule has 2 N–H and O–H groups in total. The topological polar surface area (TPSA) is 61.0 Å². The molecule has 0 fully saturated rings. The van der Waals surface area contributed by atoms with Crippen LogP contribution in [0.1, 0.15) is 37.0 Å². The van der Waals surface area contributed by atoms with Crippen LogP contribution in [0.4, 0.5) is 0 Å². The Morgan fingerprint density at radius 3 is 2.58 bits per heavy atom. The highest BCUT2D eigenvalue weighted by molar-refractivity contribution is 5.39. The molecular formula is C15H19N3O. The van der Waals surface area contributed by atoms with E-state index in [9.17, 15) is 0 Å². The highest BCUT2D eigenvalue weighted by Crippen LogP contribution is 2.27. The molecule has 0 amide bonds. The van der Waals surface area contributed by atoms with Gasteiger partial charge in [0.2, 0.25) is 0 Å². The van der Waals surface area contributed by atoms with E-state index in [1.54, 1.807) is 6.20 Å². The summed E-state index contributed by atoms with van der Waals surface area (Å²) in [5, 5.41) is 0. The van der Waals surface area contributed by atoms with Gasteiger partial charge in [0, 0.05) is 11.8 Å². The number of rotatable bonds is 4. The van der Waals surface area contributed by atoms with Gasteiger partial charge in [0.25, 0.3) is 0 Å². The minimum absolute atomic E-state index is 0.112. The number of hydrogen-bond acceptors (Lipinski definition) is 4. The number of nitrogens with two attached hydrogens (primary N) is 1. The number of para-hydroxylation sites is 1. The van der Waals surface area contributed by atoms with Crippen LogP contribution >= 0.6 is 0 Å². The second-order valence-electron chi connectivity index (χ2n) is 4.71. The molecule has 100 valence electrons. The normalized spacial score (nSPS) is 12.5. The summed E-state index contributed by atoms with van der Waals surface area (Å²) in [4.78, 5) is 8.47. The molecule has 0 saturated heterocycles. The van der Waals surface area contributed by atoms with Gasteiger partial charge in [-0.25, -0.2) is 9.97 Å². The summed E-state index contributed by atoms with van der Waals surface area (Å²) in [7, 11) is 0. The highest BCUT2D eigenvalue weighted by Gasteiger charge is 2.16. The Labute approximate surface area is 113 Å². The van der Waals surface area contributed by atoms with E-state index < -0.39 is 0 Å². The van der Waals surface area contributed by atoms with Gasteiger partial charge in [-0.1, -0.05) is 18.2 Å². The molecule has 2 rings (SSSR count). The third-order valence-electron chi connectivity index (χ3n) is 2.73. The Morgan fingerprint density at radius 2 is 1.89 bits per heavy atom. The van der Waals surface area contributed by atoms with Crippen LogP contribution in [0, 0.1) is 6.92 Å². The SMILES string of the molecule is Cc1nccc(C(N)c2ccccc2OC(C)C)n1. The zero-order valence-corrected chi connectivity index (χ0v) is 11.5. The lowest BCUT2D eigenvalue weighted by molar-refractivity contribution is 0.239. The van der Waals surface area contributed by atoms with Gasteiger partial charge in [0.15, 0.2) is 0 Å². The highest BCUT2D eigenvalue weighted by atomic mass is 16.5. The summed E-state index contributed by atoms with van der Waals surface area (Å²) >= 11 is 0. The summed E-state index contributed by atoms with van der Waals surface area (Å²) in [6, 6.07) is 9.33. The minimum Gasteiger partial charge on any atom is -0.491 e. The van der Waals surface area contributed by atoms with Gasteiger partial charge in [-0.2, -0.15) is 0 Å². The van der Waals surface area contributed by atoms with Crippen LogP contribution < -0.4 is 10.5 Å². The molecule has 1 aromatic heterocycles. The Kier molecular flexibility index (Phi) is 4.12. The summed E-state index contributed by atoms with van der Waals surface area (Å²) in [6.45, 7) is 5.85. The molecule has 0 aliphatic carbocycles. The number of aromatic nitrogens is 2. The molecule has 0 bridgehead atoms. The van der Waals surface area contributed by atoms with Crippen LogP contribution in [0.5, 0.6) is 5.75 Å². The molecule has 0 aliphatic rings. The van der Waals surface area contributed by atoms with Gasteiger partial charge in [-0.3, -0.25) is 0 Å². The van der Waals surface area contributed by atoms with E-state index in [0.29, 0.717) is 0 Å². The van der Waals surface area contributed by atoms with E-state index in [4.69, 9.17) is 10.5 Å². The summed E-state index contributed by atoms with van der Waals surface area (Å²) in [6.07, 6.45) is 1.84. The molecular weight excluding hydrogens is 238 g/mol. The van der Waals surface area contributed by atoms with Crippen molar-refractivity contribution in [2.45, 2.75) is 32.9 Å². The first kappa shape index (κ1) is 13.5. The zero-order chi connectivity index (χ0) is 13.8. The number of nitrogens with zero attached hydrogens (tertiary/aromatic N) is 2. The number of hydrogen-bond donors (Lipinski definition) is 1. The van der Waals surface area contributed by atoms with Crippen LogP contribution in [0.25, 0.3) is 0 Å². The maximum absolute atomic E-state index is 6.29. The summed E-state index contributed by atoms with van der Waals surface area (Å²) in [5.41, 5.74) is 8.03. The molecule has 0 aliphatic heterocycles. The predicted octanol–water partition coefficient (Wildman–Crippen LogP) is 2.62. The Balaban J connectivity index is 2.35. The Hall–Kier alpha value is -1.94. The van der Waals surface area contributed by atoms with Gasteiger partial charge in [-0.05, 0) is 32.9 Å². The smallest absolute Gasteiger partial charge is 0.125 e.